The van der Waals surface area contributed by atoms with Crippen LogP contribution in [-0.4, -0.2) is 16.8 Å². The minimum atomic E-state index is -5.07. The molecule has 0 amide bonds. The first-order valence-corrected chi connectivity index (χ1v) is 12.0. The van der Waals surface area contributed by atoms with E-state index in [-0.39, 0.29) is 11.4 Å². The third kappa shape index (κ3) is 4.68. The van der Waals surface area contributed by atoms with Crippen LogP contribution in [0.5, 0.6) is 0 Å². The summed E-state index contributed by atoms with van der Waals surface area (Å²) >= 11 is 0. The van der Waals surface area contributed by atoms with Gasteiger partial charge < -0.3 is 11.5 Å². The maximum atomic E-state index is 13.3. The van der Waals surface area contributed by atoms with Crippen molar-refractivity contribution in [3.8, 4) is 0 Å². The predicted molar refractivity (Wildman–Crippen MR) is 109 cm³/mol. The summed E-state index contributed by atoms with van der Waals surface area (Å²) in [6, 6.07) is 6.81. The summed E-state index contributed by atoms with van der Waals surface area (Å²) in [6.07, 6.45) is -10.1. The van der Waals surface area contributed by atoms with Crippen molar-refractivity contribution >= 4 is 31.0 Å². The second kappa shape index (κ2) is 8.20. The van der Waals surface area contributed by atoms with Gasteiger partial charge in [0, 0.05) is 11.4 Å². The number of nitrogen functional groups attached to an aromatic ring is 2. The number of anilines is 2. The molecule has 0 atom stereocenters. The van der Waals surface area contributed by atoms with Gasteiger partial charge in [-0.1, -0.05) is 0 Å². The van der Waals surface area contributed by atoms with E-state index in [9.17, 15) is 43.2 Å². The molecule has 0 radical (unpaired) electrons. The van der Waals surface area contributed by atoms with Crippen LogP contribution < -0.4 is 11.5 Å². The Morgan fingerprint density at radius 2 is 0.824 bits per heavy atom. The van der Waals surface area contributed by atoms with E-state index in [1.165, 1.54) is 0 Å². The van der Waals surface area contributed by atoms with Gasteiger partial charge in [0.25, 0.3) is 0 Å². The van der Waals surface area contributed by atoms with E-state index in [0.717, 1.165) is 12.1 Å². The van der Waals surface area contributed by atoms with E-state index in [1.807, 2.05) is 0 Å². The zero-order valence-corrected chi connectivity index (χ0v) is 18.3. The van der Waals surface area contributed by atoms with Crippen LogP contribution in [0.3, 0.4) is 0 Å². The van der Waals surface area contributed by atoms with E-state index < -0.39 is 62.7 Å². The Bertz CT molecular complexity index is 1350. The molecule has 182 valence electrons. The summed E-state index contributed by atoms with van der Waals surface area (Å²) in [7, 11) is -9.60. The van der Waals surface area contributed by atoms with E-state index in [1.54, 1.807) is 0 Å². The minimum Gasteiger partial charge on any atom is -0.399 e. The SMILES string of the molecule is Nc1ccc(S(=O)(=O)c2ccc(S(=O)(=O)c3ccc(N)cc3C(F)(F)F)cc2)c(C(F)(F)F)c1. The third-order valence-electron chi connectivity index (χ3n) is 4.64. The van der Waals surface area contributed by atoms with Gasteiger partial charge in [-0.15, -0.1) is 0 Å². The summed E-state index contributed by atoms with van der Waals surface area (Å²) in [4.78, 5) is -3.67. The molecule has 14 heteroatoms. The number of nitrogens with two attached hydrogens (primary N) is 2. The normalized spacial score (nSPS) is 13.1. The number of alkyl halides is 6. The van der Waals surface area contributed by atoms with E-state index in [0.29, 0.717) is 48.5 Å². The van der Waals surface area contributed by atoms with Crippen LogP contribution in [0, 0.1) is 0 Å². The second-order valence-corrected chi connectivity index (χ2v) is 10.8. The fourth-order valence-electron chi connectivity index (χ4n) is 3.06. The number of hydrogen-bond donors (Lipinski definition) is 2. The molecule has 0 aliphatic carbocycles. The summed E-state index contributed by atoms with van der Waals surface area (Å²) < 4.78 is 131. The minimum absolute atomic E-state index is 0.336. The topological polar surface area (TPSA) is 120 Å². The Balaban J connectivity index is 2.11. The summed E-state index contributed by atoms with van der Waals surface area (Å²) in [6.45, 7) is 0. The molecule has 0 fully saturated rings. The van der Waals surface area contributed by atoms with Gasteiger partial charge in [-0.05, 0) is 60.7 Å². The maximum Gasteiger partial charge on any atom is 0.417 e. The summed E-state index contributed by atoms with van der Waals surface area (Å²) in [5.74, 6) is 0. The fraction of sp³-hybridized carbons (Fsp3) is 0.100. The predicted octanol–water partition coefficient (Wildman–Crippen LogP) is 4.55. The molecule has 34 heavy (non-hydrogen) atoms. The Labute approximate surface area is 189 Å². The highest BCUT2D eigenvalue weighted by Gasteiger charge is 2.39. The second-order valence-electron chi connectivity index (χ2n) is 6.98. The van der Waals surface area contributed by atoms with Gasteiger partial charge in [0.1, 0.15) is 0 Å². The maximum absolute atomic E-state index is 13.3. The van der Waals surface area contributed by atoms with Crippen LogP contribution in [0.1, 0.15) is 11.1 Å². The Hall–Kier alpha value is -3.26. The van der Waals surface area contributed by atoms with E-state index in [2.05, 4.69) is 0 Å². The molecule has 0 unspecified atom stereocenters. The van der Waals surface area contributed by atoms with Gasteiger partial charge in [0.15, 0.2) is 0 Å². The lowest BCUT2D eigenvalue weighted by Crippen LogP contribution is -2.15. The standard InChI is InChI=1S/C20H14F6N2O4S2/c21-19(22,23)15-9-11(27)1-7-17(15)33(29,30)13-3-5-14(6-4-13)34(31,32)18-8-2-12(28)10-16(18)20(24,25)26/h1-10H,27-28H2. The van der Waals surface area contributed by atoms with Crippen molar-refractivity contribution in [2.45, 2.75) is 31.9 Å². The Morgan fingerprint density at radius 1 is 0.529 bits per heavy atom. The zero-order valence-electron chi connectivity index (χ0n) is 16.6. The molecule has 0 bridgehead atoms. The van der Waals surface area contributed by atoms with Crippen molar-refractivity contribution in [2.75, 3.05) is 11.5 Å². The first-order valence-electron chi connectivity index (χ1n) is 8.99. The molecule has 3 rings (SSSR count). The monoisotopic (exact) mass is 524 g/mol. The molecular formula is C20H14F6N2O4S2. The zero-order chi connectivity index (χ0) is 25.7. The first kappa shape index (κ1) is 25.4. The van der Waals surface area contributed by atoms with Crippen LogP contribution in [0.4, 0.5) is 37.7 Å². The lowest BCUT2D eigenvalue weighted by Gasteiger charge is -2.15. The number of halogens is 6. The van der Waals surface area contributed by atoms with Gasteiger partial charge in [-0.3, -0.25) is 0 Å². The van der Waals surface area contributed by atoms with Crippen molar-refractivity contribution < 1.29 is 43.2 Å². The number of sulfone groups is 2. The molecule has 0 aliphatic rings. The first-order chi connectivity index (χ1) is 15.5. The average molecular weight is 524 g/mol. The van der Waals surface area contributed by atoms with E-state index >= 15 is 0 Å². The molecule has 0 saturated carbocycles. The number of hydrogen-bond acceptors (Lipinski definition) is 6. The molecule has 3 aromatic carbocycles. The molecule has 0 aliphatic heterocycles. The fourth-order valence-corrected chi connectivity index (χ4v) is 5.98. The molecule has 0 heterocycles. The Morgan fingerprint density at radius 3 is 1.09 bits per heavy atom. The molecule has 3 aromatic rings. The van der Waals surface area contributed by atoms with Gasteiger partial charge in [-0.2, -0.15) is 26.3 Å². The molecular weight excluding hydrogens is 510 g/mol. The molecule has 4 N–H and O–H groups in total. The Kier molecular flexibility index (Phi) is 6.12. The molecule has 0 spiro atoms. The van der Waals surface area contributed by atoms with Crippen LogP contribution in [0.25, 0.3) is 0 Å². The molecule has 0 saturated heterocycles. The largest absolute Gasteiger partial charge is 0.417 e. The molecule has 6 nitrogen and oxygen atoms in total. The highest BCUT2D eigenvalue weighted by molar-refractivity contribution is 7.92. The highest BCUT2D eigenvalue weighted by atomic mass is 32.2. The number of benzene rings is 3. The summed E-state index contributed by atoms with van der Waals surface area (Å²) in [5.41, 5.74) is 6.94. The number of rotatable bonds is 4. The van der Waals surface area contributed by atoms with Gasteiger partial charge in [0.2, 0.25) is 19.7 Å². The van der Waals surface area contributed by atoms with Gasteiger partial charge >= 0.3 is 12.4 Å². The smallest absolute Gasteiger partial charge is 0.399 e. The van der Waals surface area contributed by atoms with Crippen molar-refractivity contribution in [3.05, 3.63) is 71.8 Å². The molecule has 0 aromatic heterocycles. The van der Waals surface area contributed by atoms with Crippen LogP contribution >= 0.6 is 0 Å². The van der Waals surface area contributed by atoms with E-state index in [4.69, 9.17) is 11.5 Å². The van der Waals surface area contributed by atoms with Crippen LogP contribution in [0.2, 0.25) is 0 Å². The van der Waals surface area contributed by atoms with Gasteiger partial charge in [-0.25, -0.2) is 16.8 Å². The lowest BCUT2D eigenvalue weighted by molar-refractivity contribution is -0.140. The van der Waals surface area contributed by atoms with Crippen molar-refractivity contribution in [2.24, 2.45) is 0 Å². The summed E-state index contributed by atoms with van der Waals surface area (Å²) in [5, 5.41) is 0. The van der Waals surface area contributed by atoms with Crippen molar-refractivity contribution in [3.63, 3.8) is 0 Å². The van der Waals surface area contributed by atoms with Gasteiger partial charge in [0.05, 0.1) is 30.7 Å². The highest BCUT2D eigenvalue weighted by Crippen LogP contribution is 2.39. The van der Waals surface area contributed by atoms with Crippen molar-refractivity contribution in [1.29, 1.82) is 0 Å². The van der Waals surface area contributed by atoms with Crippen LogP contribution in [-0.2, 0) is 32.0 Å². The lowest BCUT2D eigenvalue weighted by atomic mass is 10.2. The van der Waals surface area contributed by atoms with Crippen molar-refractivity contribution in [1.82, 2.24) is 0 Å². The quantitative estimate of drug-likeness (QED) is 0.382. The average Bonchev–Trinajstić information content (AvgIpc) is 2.72. The van der Waals surface area contributed by atoms with Crippen LogP contribution in [0.15, 0.2) is 80.2 Å². The third-order valence-corrected chi connectivity index (χ3v) is 8.30.